The van der Waals surface area contributed by atoms with E-state index < -0.39 is 0 Å². The molecule has 0 aliphatic rings. The van der Waals surface area contributed by atoms with Crippen molar-refractivity contribution in [1.29, 1.82) is 0 Å². The van der Waals surface area contributed by atoms with Gasteiger partial charge in [0, 0.05) is 13.6 Å². The number of carbonyl (C=O) groups excluding carboxylic acids is 1. The minimum atomic E-state index is -0.254. The molecule has 7 nitrogen and oxygen atoms in total. The van der Waals surface area contributed by atoms with Gasteiger partial charge in [-0.1, -0.05) is 45.0 Å². The molecule has 2 amide bonds. The number of tetrazole rings is 1. The SMILES string of the molecule is CC(NC(=O)NCCc1ccc(C(C)(C)C)cc1)c1nnnn1C. The minimum Gasteiger partial charge on any atom is -0.338 e. The first-order valence-electron chi connectivity index (χ1n) is 8.13. The zero-order valence-corrected chi connectivity index (χ0v) is 15.0. The van der Waals surface area contributed by atoms with Crippen molar-refractivity contribution in [2.24, 2.45) is 7.05 Å². The molecule has 0 saturated carbocycles. The first kappa shape index (κ1) is 17.9. The number of hydrogen-bond donors (Lipinski definition) is 2. The predicted octanol–water partition coefficient (Wildman–Crippen LogP) is 2.11. The number of rotatable bonds is 5. The second-order valence-corrected chi connectivity index (χ2v) is 6.98. The monoisotopic (exact) mass is 330 g/mol. The summed E-state index contributed by atoms with van der Waals surface area (Å²) in [6, 6.07) is 8.06. The molecule has 2 rings (SSSR count). The lowest BCUT2D eigenvalue weighted by Crippen LogP contribution is -2.38. The third-order valence-corrected chi connectivity index (χ3v) is 3.91. The summed E-state index contributed by atoms with van der Waals surface area (Å²) in [6.07, 6.45) is 0.789. The van der Waals surface area contributed by atoms with Crippen molar-refractivity contribution in [2.45, 2.75) is 45.6 Å². The molecule has 24 heavy (non-hydrogen) atoms. The Kier molecular flexibility index (Phi) is 5.54. The minimum absolute atomic E-state index is 0.154. The highest BCUT2D eigenvalue weighted by molar-refractivity contribution is 5.74. The van der Waals surface area contributed by atoms with Crippen LogP contribution in [0.15, 0.2) is 24.3 Å². The Balaban J connectivity index is 1.77. The van der Waals surface area contributed by atoms with Gasteiger partial charge in [-0.25, -0.2) is 9.48 Å². The first-order chi connectivity index (χ1) is 11.3. The van der Waals surface area contributed by atoms with Crippen molar-refractivity contribution in [3.05, 3.63) is 41.2 Å². The second-order valence-electron chi connectivity index (χ2n) is 6.98. The molecule has 2 aromatic rings. The third-order valence-electron chi connectivity index (χ3n) is 3.91. The summed E-state index contributed by atoms with van der Waals surface area (Å²) < 4.78 is 1.54. The summed E-state index contributed by atoms with van der Waals surface area (Å²) in [5.74, 6) is 0.614. The van der Waals surface area contributed by atoms with Crippen LogP contribution >= 0.6 is 0 Å². The summed E-state index contributed by atoms with van der Waals surface area (Å²) in [4.78, 5) is 11.9. The molecule has 0 spiro atoms. The Morgan fingerprint density at radius 3 is 2.46 bits per heavy atom. The van der Waals surface area contributed by atoms with E-state index in [0.29, 0.717) is 12.4 Å². The van der Waals surface area contributed by atoms with E-state index in [1.165, 1.54) is 11.1 Å². The Morgan fingerprint density at radius 1 is 1.25 bits per heavy atom. The van der Waals surface area contributed by atoms with E-state index in [0.717, 1.165) is 6.42 Å². The molecule has 0 fully saturated rings. The lowest BCUT2D eigenvalue weighted by Gasteiger charge is -2.19. The van der Waals surface area contributed by atoms with Crippen LogP contribution in [0.4, 0.5) is 4.79 Å². The smallest absolute Gasteiger partial charge is 0.315 e. The molecular weight excluding hydrogens is 304 g/mol. The summed E-state index contributed by atoms with van der Waals surface area (Å²) in [5.41, 5.74) is 2.67. The first-order valence-corrected chi connectivity index (χ1v) is 8.13. The van der Waals surface area contributed by atoms with Crippen LogP contribution in [0.25, 0.3) is 0 Å². The van der Waals surface area contributed by atoms with Crippen LogP contribution in [0.5, 0.6) is 0 Å². The van der Waals surface area contributed by atoms with Crippen molar-refractivity contribution in [3.8, 4) is 0 Å². The maximum atomic E-state index is 11.9. The molecule has 1 heterocycles. The molecule has 1 unspecified atom stereocenters. The highest BCUT2D eigenvalue weighted by Gasteiger charge is 2.15. The van der Waals surface area contributed by atoms with Crippen molar-refractivity contribution in [3.63, 3.8) is 0 Å². The molecule has 2 N–H and O–H groups in total. The van der Waals surface area contributed by atoms with Crippen LogP contribution in [0, 0.1) is 0 Å². The predicted molar refractivity (Wildman–Crippen MR) is 92.6 cm³/mol. The largest absolute Gasteiger partial charge is 0.338 e. The quantitative estimate of drug-likeness (QED) is 0.879. The van der Waals surface area contributed by atoms with Crippen LogP contribution in [0.1, 0.15) is 50.7 Å². The van der Waals surface area contributed by atoms with Gasteiger partial charge >= 0.3 is 6.03 Å². The molecule has 0 saturated heterocycles. The fourth-order valence-corrected chi connectivity index (χ4v) is 2.41. The molecule has 0 bridgehead atoms. The van der Waals surface area contributed by atoms with E-state index >= 15 is 0 Å². The highest BCUT2D eigenvalue weighted by atomic mass is 16.2. The van der Waals surface area contributed by atoms with Crippen LogP contribution in [0.2, 0.25) is 0 Å². The van der Waals surface area contributed by atoms with Crippen molar-refractivity contribution in [2.75, 3.05) is 6.54 Å². The fourth-order valence-electron chi connectivity index (χ4n) is 2.41. The van der Waals surface area contributed by atoms with Gasteiger partial charge in [0.1, 0.15) is 0 Å². The highest BCUT2D eigenvalue weighted by Crippen LogP contribution is 2.22. The van der Waals surface area contributed by atoms with E-state index in [4.69, 9.17) is 0 Å². The summed E-state index contributed by atoms with van der Waals surface area (Å²) >= 11 is 0. The number of hydrogen-bond acceptors (Lipinski definition) is 4. The molecule has 1 aromatic heterocycles. The zero-order valence-electron chi connectivity index (χ0n) is 15.0. The number of nitrogens with zero attached hydrogens (tertiary/aromatic N) is 4. The number of carbonyl (C=O) groups is 1. The van der Waals surface area contributed by atoms with Crippen LogP contribution in [-0.4, -0.2) is 32.8 Å². The van der Waals surface area contributed by atoms with Crippen LogP contribution in [-0.2, 0) is 18.9 Å². The lowest BCUT2D eigenvalue weighted by molar-refractivity contribution is 0.237. The molecule has 0 aliphatic heterocycles. The number of nitrogens with one attached hydrogen (secondary N) is 2. The average Bonchev–Trinajstić information content (AvgIpc) is 2.93. The standard InChI is InChI=1S/C17H26N6O/c1-12(15-20-21-22-23(15)5)19-16(24)18-11-10-13-6-8-14(9-7-13)17(2,3)4/h6-9,12H,10-11H2,1-5H3,(H2,18,19,24). The number of aryl methyl sites for hydroxylation is 1. The molecule has 7 heteroatoms. The molecule has 0 aliphatic carbocycles. The van der Waals surface area contributed by atoms with E-state index in [1.807, 2.05) is 6.92 Å². The molecule has 130 valence electrons. The van der Waals surface area contributed by atoms with E-state index in [2.05, 4.69) is 71.2 Å². The fraction of sp³-hybridized carbons (Fsp3) is 0.529. The van der Waals surface area contributed by atoms with Gasteiger partial charge in [0.2, 0.25) is 0 Å². The summed E-state index contributed by atoms with van der Waals surface area (Å²) in [6.45, 7) is 9.01. The molecule has 1 aromatic carbocycles. The Labute approximate surface area is 142 Å². The second kappa shape index (κ2) is 7.42. The molecule has 0 radical (unpaired) electrons. The van der Waals surface area contributed by atoms with Gasteiger partial charge in [-0.15, -0.1) is 5.10 Å². The van der Waals surface area contributed by atoms with Gasteiger partial charge in [-0.3, -0.25) is 0 Å². The Bertz CT molecular complexity index is 671. The van der Waals surface area contributed by atoms with Gasteiger partial charge in [-0.05, 0) is 40.3 Å². The van der Waals surface area contributed by atoms with Crippen molar-refractivity contribution in [1.82, 2.24) is 30.8 Å². The maximum absolute atomic E-state index is 11.9. The average molecular weight is 330 g/mol. The van der Waals surface area contributed by atoms with E-state index in [-0.39, 0.29) is 17.5 Å². The normalized spacial score (nSPS) is 12.7. The van der Waals surface area contributed by atoms with Gasteiger partial charge in [-0.2, -0.15) is 0 Å². The van der Waals surface area contributed by atoms with Gasteiger partial charge < -0.3 is 10.6 Å². The number of amides is 2. The number of aromatic nitrogens is 4. The van der Waals surface area contributed by atoms with Gasteiger partial charge in [0.05, 0.1) is 6.04 Å². The van der Waals surface area contributed by atoms with Gasteiger partial charge in [0.15, 0.2) is 5.82 Å². The van der Waals surface area contributed by atoms with Crippen LogP contribution in [0.3, 0.4) is 0 Å². The Hall–Kier alpha value is -2.44. The third kappa shape index (κ3) is 4.78. The lowest BCUT2D eigenvalue weighted by atomic mass is 9.86. The molecular formula is C17H26N6O. The van der Waals surface area contributed by atoms with E-state index in [9.17, 15) is 4.79 Å². The van der Waals surface area contributed by atoms with Crippen molar-refractivity contribution >= 4 is 6.03 Å². The van der Waals surface area contributed by atoms with E-state index in [1.54, 1.807) is 11.7 Å². The molecule has 1 atom stereocenters. The van der Waals surface area contributed by atoms with Gasteiger partial charge in [0.25, 0.3) is 0 Å². The number of benzene rings is 1. The topological polar surface area (TPSA) is 84.7 Å². The zero-order chi connectivity index (χ0) is 17.7. The summed E-state index contributed by atoms with van der Waals surface area (Å²) in [7, 11) is 1.74. The van der Waals surface area contributed by atoms with Crippen LogP contribution < -0.4 is 10.6 Å². The maximum Gasteiger partial charge on any atom is 0.315 e. The van der Waals surface area contributed by atoms with Crippen molar-refractivity contribution < 1.29 is 4.79 Å². The summed E-state index contributed by atoms with van der Waals surface area (Å²) in [5, 5.41) is 16.9. The number of urea groups is 1. The Morgan fingerprint density at radius 2 is 1.92 bits per heavy atom.